The van der Waals surface area contributed by atoms with Gasteiger partial charge in [0.15, 0.2) is 0 Å². The highest BCUT2D eigenvalue weighted by molar-refractivity contribution is 5.96. The summed E-state index contributed by atoms with van der Waals surface area (Å²) >= 11 is 0. The van der Waals surface area contributed by atoms with Crippen molar-refractivity contribution < 1.29 is 19.6 Å². The standard InChI is InChI=1S/C10H12N4O5/c11-10(17)13-5-4-12-8-6(9(15)16)2-1-3-7(8)14(18)19/h1-3,12H,4-5H2,(H,15,16)(H3,11,13,17). The number of rotatable bonds is 6. The highest BCUT2D eigenvalue weighted by Gasteiger charge is 2.20. The van der Waals surface area contributed by atoms with E-state index in [-0.39, 0.29) is 30.0 Å². The smallest absolute Gasteiger partial charge is 0.338 e. The van der Waals surface area contributed by atoms with Gasteiger partial charge in [-0.25, -0.2) is 9.59 Å². The molecular formula is C10H12N4O5. The van der Waals surface area contributed by atoms with E-state index in [1.54, 1.807) is 0 Å². The fraction of sp³-hybridized carbons (Fsp3) is 0.200. The average molecular weight is 268 g/mol. The van der Waals surface area contributed by atoms with Gasteiger partial charge in [0.05, 0.1) is 10.5 Å². The van der Waals surface area contributed by atoms with Crippen LogP contribution in [0.5, 0.6) is 0 Å². The molecule has 1 aromatic rings. The number of nitro benzene ring substituents is 1. The molecule has 0 aliphatic rings. The number of carboxylic acid groups (broad SMARTS) is 1. The second-order valence-electron chi connectivity index (χ2n) is 3.48. The van der Waals surface area contributed by atoms with Crippen molar-refractivity contribution >= 4 is 23.4 Å². The first-order valence-corrected chi connectivity index (χ1v) is 5.21. The van der Waals surface area contributed by atoms with Gasteiger partial charge in [0, 0.05) is 19.2 Å². The monoisotopic (exact) mass is 268 g/mol. The van der Waals surface area contributed by atoms with E-state index in [0.717, 1.165) is 0 Å². The molecule has 0 saturated carbocycles. The van der Waals surface area contributed by atoms with Gasteiger partial charge >= 0.3 is 12.0 Å². The molecular weight excluding hydrogens is 256 g/mol. The van der Waals surface area contributed by atoms with Crippen LogP contribution in [0.3, 0.4) is 0 Å². The van der Waals surface area contributed by atoms with Gasteiger partial charge in [-0.2, -0.15) is 0 Å². The Kier molecular flexibility index (Phi) is 4.63. The number of carboxylic acids is 1. The Labute approximate surface area is 107 Å². The number of nitro groups is 1. The van der Waals surface area contributed by atoms with E-state index < -0.39 is 16.9 Å². The molecule has 0 heterocycles. The minimum Gasteiger partial charge on any atom is -0.478 e. The summed E-state index contributed by atoms with van der Waals surface area (Å²) in [6.07, 6.45) is 0. The van der Waals surface area contributed by atoms with Crippen molar-refractivity contribution in [1.82, 2.24) is 5.32 Å². The van der Waals surface area contributed by atoms with E-state index in [1.807, 2.05) is 0 Å². The lowest BCUT2D eigenvalue weighted by Gasteiger charge is -2.10. The van der Waals surface area contributed by atoms with E-state index in [0.29, 0.717) is 0 Å². The van der Waals surface area contributed by atoms with Crippen LogP contribution in [0.4, 0.5) is 16.2 Å². The number of carbonyl (C=O) groups is 2. The third-order valence-corrected chi connectivity index (χ3v) is 2.20. The predicted molar refractivity (Wildman–Crippen MR) is 66.1 cm³/mol. The van der Waals surface area contributed by atoms with Crippen molar-refractivity contribution in [3.05, 3.63) is 33.9 Å². The second-order valence-corrected chi connectivity index (χ2v) is 3.48. The minimum atomic E-state index is -1.28. The van der Waals surface area contributed by atoms with Crippen LogP contribution in [0.15, 0.2) is 18.2 Å². The lowest BCUT2D eigenvalue weighted by Crippen LogP contribution is -2.33. The number of primary amides is 1. The van der Waals surface area contributed by atoms with Crippen LogP contribution in [0.1, 0.15) is 10.4 Å². The highest BCUT2D eigenvalue weighted by atomic mass is 16.6. The number of hydrogen-bond donors (Lipinski definition) is 4. The van der Waals surface area contributed by atoms with E-state index in [1.165, 1.54) is 18.2 Å². The quantitative estimate of drug-likeness (QED) is 0.333. The number of nitrogens with zero attached hydrogens (tertiary/aromatic N) is 1. The molecule has 0 aromatic heterocycles. The van der Waals surface area contributed by atoms with E-state index >= 15 is 0 Å². The van der Waals surface area contributed by atoms with Crippen molar-refractivity contribution in [3.63, 3.8) is 0 Å². The lowest BCUT2D eigenvalue weighted by molar-refractivity contribution is -0.384. The number of urea groups is 1. The van der Waals surface area contributed by atoms with Crippen LogP contribution in [0.2, 0.25) is 0 Å². The molecule has 19 heavy (non-hydrogen) atoms. The zero-order chi connectivity index (χ0) is 14.4. The second kappa shape index (κ2) is 6.19. The Morgan fingerprint density at radius 3 is 2.58 bits per heavy atom. The maximum Gasteiger partial charge on any atom is 0.338 e. The SMILES string of the molecule is NC(=O)NCCNc1c(C(=O)O)cccc1[N+](=O)[O-]. The van der Waals surface area contributed by atoms with Crippen LogP contribution < -0.4 is 16.4 Å². The van der Waals surface area contributed by atoms with Crippen LogP contribution >= 0.6 is 0 Å². The maximum absolute atomic E-state index is 11.0. The van der Waals surface area contributed by atoms with Gasteiger partial charge in [-0.05, 0) is 6.07 Å². The zero-order valence-electron chi connectivity index (χ0n) is 9.75. The molecule has 1 aromatic carbocycles. The molecule has 0 aliphatic heterocycles. The van der Waals surface area contributed by atoms with Gasteiger partial charge in [-0.1, -0.05) is 6.07 Å². The van der Waals surface area contributed by atoms with Crippen LogP contribution in [-0.2, 0) is 0 Å². The molecule has 0 spiro atoms. The van der Waals surface area contributed by atoms with Crippen LogP contribution in [-0.4, -0.2) is 35.1 Å². The van der Waals surface area contributed by atoms with Gasteiger partial charge in [0.1, 0.15) is 5.69 Å². The van der Waals surface area contributed by atoms with Gasteiger partial charge in [0.25, 0.3) is 5.69 Å². The normalized spacial score (nSPS) is 9.68. The molecule has 0 bridgehead atoms. The Hall–Kier alpha value is -2.84. The topological polar surface area (TPSA) is 148 Å². The van der Waals surface area contributed by atoms with Crippen LogP contribution in [0.25, 0.3) is 0 Å². The highest BCUT2D eigenvalue weighted by Crippen LogP contribution is 2.27. The van der Waals surface area contributed by atoms with Gasteiger partial charge in [-0.15, -0.1) is 0 Å². The van der Waals surface area contributed by atoms with Crippen molar-refractivity contribution in [1.29, 1.82) is 0 Å². The summed E-state index contributed by atoms with van der Waals surface area (Å²) in [6, 6.07) is 2.99. The zero-order valence-corrected chi connectivity index (χ0v) is 9.75. The van der Waals surface area contributed by atoms with E-state index in [4.69, 9.17) is 10.8 Å². The van der Waals surface area contributed by atoms with Gasteiger partial charge < -0.3 is 21.5 Å². The molecule has 0 aliphatic carbocycles. The van der Waals surface area contributed by atoms with Gasteiger partial charge in [-0.3, -0.25) is 10.1 Å². The summed E-state index contributed by atoms with van der Waals surface area (Å²) in [5.74, 6) is -1.28. The third-order valence-electron chi connectivity index (χ3n) is 2.20. The Balaban J connectivity index is 2.92. The van der Waals surface area contributed by atoms with Crippen molar-refractivity contribution in [2.24, 2.45) is 5.73 Å². The average Bonchev–Trinajstić information content (AvgIpc) is 2.33. The fourth-order valence-electron chi connectivity index (χ4n) is 1.43. The first-order chi connectivity index (χ1) is 8.93. The minimum absolute atomic E-state index is 0.105. The lowest BCUT2D eigenvalue weighted by atomic mass is 10.1. The molecule has 102 valence electrons. The number of aromatic carboxylic acids is 1. The Bertz CT molecular complexity index is 484. The number of benzene rings is 1. The number of amides is 2. The number of nitrogens with one attached hydrogen (secondary N) is 2. The molecule has 0 radical (unpaired) electrons. The third kappa shape index (κ3) is 3.84. The number of para-hydroxylation sites is 1. The number of hydrogen-bond acceptors (Lipinski definition) is 5. The molecule has 0 unspecified atom stereocenters. The molecule has 0 saturated heterocycles. The van der Waals surface area contributed by atoms with Crippen molar-refractivity contribution in [2.45, 2.75) is 0 Å². The summed E-state index contributed by atoms with van der Waals surface area (Å²) in [5, 5.41) is 24.7. The molecule has 0 atom stereocenters. The van der Waals surface area contributed by atoms with Crippen molar-refractivity contribution in [3.8, 4) is 0 Å². The summed E-state index contributed by atoms with van der Waals surface area (Å²) < 4.78 is 0. The van der Waals surface area contributed by atoms with Crippen molar-refractivity contribution in [2.75, 3.05) is 18.4 Å². The molecule has 9 heteroatoms. The summed E-state index contributed by atoms with van der Waals surface area (Å²) in [6.45, 7) is 0.217. The van der Waals surface area contributed by atoms with Gasteiger partial charge in [0.2, 0.25) is 0 Å². The predicted octanol–water partition coefficient (Wildman–Crippen LogP) is 0.373. The maximum atomic E-state index is 11.0. The molecule has 1 rings (SSSR count). The van der Waals surface area contributed by atoms with Crippen LogP contribution in [0, 0.1) is 10.1 Å². The molecule has 2 amide bonds. The first-order valence-electron chi connectivity index (χ1n) is 5.21. The first kappa shape index (κ1) is 14.2. The van der Waals surface area contributed by atoms with E-state index in [2.05, 4.69) is 10.6 Å². The fourth-order valence-corrected chi connectivity index (χ4v) is 1.43. The summed E-state index contributed by atoms with van der Waals surface area (Å²) in [5.41, 5.74) is 4.18. The molecule has 5 N–H and O–H groups in total. The Morgan fingerprint density at radius 1 is 1.37 bits per heavy atom. The largest absolute Gasteiger partial charge is 0.478 e. The number of nitrogens with two attached hydrogens (primary N) is 1. The molecule has 0 fully saturated rings. The number of carbonyl (C=O) groups excluding carboxylic acids is 1. The Morgan fingerprint density at radius 2 is 2.05 bits per heavy atom. The summed E-state index contributed by atoms with van der Waals surface area (Å²) in [4.78, 5) is 31.6. The molecule has 9 nitrogen and oxygen atoms in total. The van der Waals surface area contributed by atoms with E-state index in [9.17, 15) is 19.7 Å². The number of anilines is 1. The summed E-state index contributed by atoms with van der Waals surface area (Å²) in [7, 11) is 0.